The molecule has 0 aliphatic rings. The van der Waals surface area contributed by atoms with E-state index in [0.717, 1.165) is 24.3 Å². The maximum atomic E-state index is 11.6. The Labute approximate surface area is 120 Å². The van der Waals surface area contributed by atoms with Crippen LogP contribution in [0.15, 0.2) is 24.3 Å². The van der Waals surface area contributed by atoms with Gasteiger partial charge in [0.2, 0.25) is 5.91 Å². The number of ether oxygens (including phenoxy) is 2. The Morgan fingerprint density at radius 1 is 1.20 bits per heavy atom. The molecule has 0 aromatic heterocycles. The highest BCUT2D eigenvalue weighted by Gasteiger charge is 2.01. The summed E-state index contributed by atoms with van der Waals surface area (Å²) in [5.74, 6) is 0.911. The fourth-order valence-corrected chi connectivity index (χ4v) is 1.76. The maximum absolute atomic E-state index is 11.6. The fraction of sp³-hybridized carbons (Fsp3) is 0.533. The number of hydrogen-bond donors (Lipinski definition) is 2. The van der Waals surface area contributed by atoms with E-state index < -0.39 is 0 Å². The number of nitrogens with one attached hydrogen (secondary N) is 2. The van der Waals surface area contributed by atoms with Crippen LogP contribution in [0.2, 0.25) is 0 Å². The predicted molar refractivity (Wildman–Crippen MR) is 79.1 cm³/mol. The van der Waals surface area contributed by atoms with E-state index in [1.807, 2.05) is 24.3 Å². The van der Waals surface area contributed by atoms with Crippen molar-refractivity contribution in [3.63, 3.8) is 0 Å². The molecule has 0 fully saturated rings. The SMILES string of the molecule is COCCNCCC(=O)NCCc1cccc(OC)c1. The van der Waals surface area contributed by atoms with Gasteiger partial charge in [0.15, 0.2) is 0 Å². The van der Waals surface area contributed by atoms with Gasteiger partial charge in [0.1, 0.15) is 5.75 Å². The lowest BCUT2D eigenvalue weighted by Crippen LogP contribution is -2.30. The van der Waals surface area contributed by atoms with Gasteiger partial charge in [-0.1, -0.05) is 12.1 Å². The zero-order valence-electron chi connectivity index (χ0n) is 12.3. The lowest BCUT2D eigenvalue weighted by molar-refractivity contribution is -0.120. The summed E-state index contributed by atoms with van der Waals surface area (Å²) in [6, 6.07) is 7.88. The molecule has 0 unspecified atom stereocenters. The molecule has 0 saturated heterocycles. The van der Waals surface area contributed by atoms with Crippen molar-refractivity contribution in [1.29, 1.82) is 0 Å². The van der Waals surface area contributed by atoms with E-state index in [0.29, 0.717) is 26.1 Å². The Balaban J connectivity index is 2.12. The molecule has 0 aliphatic heterocycles. The normalized spacial score (nSPS) is 10.3. The smallest absolute Gasteiger partial charge is 0.221 e. The van der Waals surface area contributed by atoms with Gasteiger partial charge in [-0.25, -0.2) is 0 Å². The molecular weight excluding hydrogens is 256 g/mol. The first-order valence-corrected chi connectivity index (χ1v) is 6.85. The molecule has 5 nitrogen and oxygen atoms in total. The van der Waals surface area contributed by atoms with Crippen molar-refractivity contribution in [1.82, 2.24) is 10.6 Å². The molecule has 2 N–H and O–H groups in total. The molecule has 0 radical (unpaired) electrons. The van der Waals surface area contributed by atoms with Crippen molar-refractivity contribution in [2.75, 3.05) is 40.5 Å². The van der Waals surface area contributed by atoms with E-state index in [-0.39, 0.29) is 5.91 Å². The van der Waals surface area contributed by atoms with Gasteiger partial charge < -0.3 is 20.1 Å². The van der Waals surface area contributed by atoms with Crippen LogP contribution in [-0.4, -0.2) is 46.4 Å². The number of methoxy groups -OCH3 is 2. The Morgan fingerprint density at radius 2 is 2.05 bits per heavy atom. The van der Waals surface area contributed by atoms with Crippen molar-refractivity contribution >= 4 is 5.91 Å². The van der Waals surface area contributed by atoms with Crippen LogP contribution >= 0.6 is 0 Å². The molecule has 5 heteroatoms. The maximum Gasteiger partial charge on any atom is 0.221 e. The quantitative estimate of drug-likeness (QED) is 0.627. The molecule has 0 aliphatic carbocycles. The Morgan fingerprint density at radius 3 is 2.80 bits per heavy atom. The third-order valence-electron chi connectivity index (χ3n) is 2.88. The van der Waals surface area contributed by atoms with Crippen LogP contribution in [0.1, 0.15) is 12.0 Å². The molecule has 0 bridgehead atoms. The molecule has 1 amide bonds. The van der Waals surface area contributed by atoms with Gasteiger partial charge in [-0.2, -0.15) is 0 Å². The molecule has 0 saturated carbocycles. The van der Waals surface area contributed by atoms with E-state index in [1.54, 1.807) is 14.2 Å². The molecule has 1 aromatic rings. The topological polar surface area (TPSA) is 59.6 Å². The monoisotopic (exact) mass is 280 g/mol. The van der Waals surface area contributed by atoms with Crippen LogP contribution in [0.5, 0.6) is 5.75 Å². The standard InChI is InChI=1S/C15H24N2O3/c1-19-11-10-16-8-7-15(18)17-9-6-13-4-3-5-14(12-13)20-2/h3-5,12,16H,6-11H2,1-2H3,(H,17,18). The Kier molecular flexibility index (Phi) is 8.42. The summed E-state index contributed by atoms with van der Waals surface area (Å²) in [5, 5.41) is 6.05. The summed E-state index contributed by atoms with van der Waals surface area (Å²) in [6.07, 6.45) is 1.29. The number of hydrogen-bond acceptors (Lipinski definition) is 4. The highest BCUT2D eigenvalue weighted by atomic mass is 16.5. The number of carbonyl (C=O) groups excluding carboxylic acids is 1. The minimum absolute atomic E-state index is 0.0674. The zero-order chi connectivity index (χ0) is 14.6. The van der Waals surface area contributed by atoms with Crippen molar-refractivity contribution in [3.05, 3.63) is 29.8 Å². The second-order valence-corrected chi connectivity index (χ2v) is 4.44. The van der Waals surface area contributed by atoms with Crippen LogP contribution in [0.4, 0.5) is 0 Å². The average molecular weight is 280 g/mol. The summed E-state index contributed by atoms with van der Waals surface area (Å²) in [4.78, 5) is 11.6. The molecule has 1 aromatic carbocycles. The Hall–Kier alpha value is -1.59. The van der Waals surface area contributed by atoms with Crippen LogP contribution in [0.3, 0.4) is 0 Å². The molecule has 0 heterocycles. The first-order valence-electron chi connectivity index (χ1n) is 6.85. The number of rotatable bonds is 10. The highest BCUT2D eigenvalue weighted by Crippen LogP contribution is 2.12. The molecule has 0 atom stereocenters. The largest absolute Gasteiger partial charge is 0.497 e. The second kappa shape index (κ2) is 10.2. The summed E-state index contributed by atoms with van der Waals surface area (Å²) >= 11 is 0. The van der Waals surface area contributed by atoms with Crippen molar-refractivity contribution in [2.45, 2.75) is 12.8 Å². The zero-order valence-corrected chi connectivity index (χ0v) is 12.3. The van der Waals surface area contributed by atoms with Crippen LogP contribution in [-0.2, 0) is 16.0 Å². The first-order chi connectivity index (χ1) is 9.76. The molecular formula is C15H24N2O3. The molecule has 0 spiro atoms. The average Bonchev–Trinajstić information content (AvgIpc) is 2.47. The lowest BCUT2D eigenvalue weighted by atomic mass is 10.1. The lowest BCUT2D eigenvalue weighted by Gasteiger charge is -2.07. The number of benzene rings is 1. The van der Waals surface area contributed by atoms with Crippen LogP contribution in [0, 0.1) is 0 Å². The first kappa shape index (κ1) is 16.5. The highest BCUT2D eigenvalue weighted by molar-refractivity contribution is 5.76. The van der Waals surface area contributed by atoms with Crippen molar-refractivity contribution in [2.24, 2.45) is 0 Å². The summed E-state index contributed by atoms with van der Waals surface area (Å²) in [5.41, 5.74) is 1.16. The third kappa shape index (κ3) is 7.11. The van der Waals surface area contributed by atoms with Gasteiger partial charge >= 0.3 is 0 Å². The van der Waals surface area contributed by atoms with E-state index >= 15 is 0 Å². The van der Waals surface area contributed by atoms with E-state index in [2.05, 4.69) is 10.6 Å². The predicted octanol–water partition coefficient (Wildman–Crippen LogP) is 0.980. The Bertz CT molecular complexity index is 396. The fourth-order valence-electron chi connectivity index (χ4n) is 1.76. The van der Waals surface area contributed by atoms with Gasteiger partial charge in [0, 0.05) is 33.2 Å². The second-order valence-electron chi connectivity index (χ2n) is 4.44. The molecule has 1 rings (SSSR count). The van der Waals surface area contributed by atoms with Gasteiger partial charge in [-0.15, -0.1) is 0 Å². The van der Waals surface area contributed by atoms with Crippen molar-refractivity contribution < 1.29 is 14.3 Å². The molecule has 20 heavy (non-hydrogen) atoms. The van der Waals surface area contributed by atoms with E-state index in [1.165, 1.54) is 0 Å². The van der Waals surface area contributed by atoms with Gasteiger partial charge in [0.25, 0.3) is 0 Å². The van der Waals surface area contributed by atoms with Crippen LogP contribution < -0.4 is 15.4 Å². The minimum Gasteiger partial charge on any atom is -0.497 e. The van der Waals surface area contributed by atoms with Crippen LogP contribution in [0.25, 0.3) is 0 Å². The third-order valence-corrected chi connectivity index (χ3v) is 2.88. The van der Waals surface area contributed by atoms with Crippen molar-refractivity contribution in [3.8, 4) is 5.75 Å². The summed E-state index contributed by atoms with van der Waals surface area (Å²) < 4.78 is 10.1. The van der Waals surface area contributed by atoms with Gasteiger partial charge in [0.05, 0.1) is 13.7 Å². The van der Waals surface area contributed by atoms with E-state index in [9.17, 15) is 4.79 Å². The number of amides is 1. The van der Waals surface area contributed by atoms with E-state index in [4.69, 9.17) is 9.47 Å². The van der Waals surface area contributed by atoms with Gasteiger partial charge in [-0.05, 0) is 24.1 Å². The summed E-state index contributed by atoms with van der Waals surface area (Å²) in [7, 11) is 3.31. The molecule has 112 valence electrons. The minimum atomic E-state index is 0.0674. The number of carbonyl (C=O) groups is 1. The summed E-state index contributed by atoms with van der Waals surface area (Å²) in [6.45, 7) is 2.75. The van der Waals surface area contributed by atoms with Gasteiger partial charge in [-0.3, -0.25) is 4.79 Å².